The van der Waals surface area contributed by atoms with Gasteiger partial charge in [0.1, 0.15) is 23.0 Å². The number of ether oxygens (including phenoxy) is 1. The number of hydrogen-bond donors (Lipinski definition) is 1. The van der Waals surface area contributed by atoms with Gasteiger partial charge in [-0.15, -0.1) is 0 Å². The van der Waals surface area contributed by atoms with Crippen LogP contribution in [0.4, 0.5) is 14.5 Å². The lowest BCUT2D eigenvalue weighted by Crippen LogP contribution is -2.16. The Morgan fingerprint density at radius 1 is 1.10 bits per heavy atom. The van der Waals surface area contributed by atoms with Crippen LogP contribution < -0.4 is 9.46 Å². The van der Waals surface area contributed by atoms with Gasteiger partial charge < -0.3 is 9.14 Å². The molecule has 0 spiro atoms. The van der Waals surface area contributed by atoms with Crippen molar-refractivity contribution in [3.63, 3.8) is 0 Å². The number of hydrogen-bond acceptors (Lipinski definition) is 4. The number of nitrogens with one attached hydrogen (secondary N) is 1. The molecule has 31 heavy (non-hydrogen) atoms. The smallest absolute Gasteiger partial charge is 0.237 e. The largest absolute Gasteiger partial charge is 0.495 e. The first-order chi connectivity index (χ1) is 14.7. The van der Waals surface area contributed by atoms with Crippen LogP contribution in [-0.2, 0) is 15.8 Å². The molecule has 2 aromatic carbocycles. The molecule has 0 radical (unpaired) electrons. The van der Waals surface area contributed by atoms with E-state index in [0.29, 0.717) is 11.3 Å². The predicted molar refractivity (Wildman–Crippen MR) is 115 cm³/mol. The summed E-state index contributed by atoms with van der Waals surface area (Å²) in [6.07, 6.45) is 3.72. The van der Waals surface area contributed by atoms with Crippen molar-refractivity contribution < 1.29 is 21.9 Å². The SMILES string of the molecule is COc1ccc(-c2cn3ccc(C)cc3n2)cc1NS(=O)(=O)Cc1cc(F)ccc1F. The zero-order chi connectivity index (χ0) is 22.2. The van der Waals surface area contributed by atoms with Gasteiger partial charge in [-0.25, -0.2) is 22.2 Å². The van der Waals surface area contributed by atoms with E-state index in [2.05, 4.69) is 9.71 Å². The Balaban J connectivity index is 1.67. The number of nitrogens with zero attached hydrogens (tertiary/aromatic N) is 2. The summed E-state index contributed by atoms with van der Waals surface area (Å²) in [4.78, 5) is 4.58. The molecule has 2 heterocycles. The second-order valence-corrected chi connectivity index (χ2v) is 8.83. The minimum absolute atomic E-state index is 0.171. The number of anilines is 1. The molecule has 0 amide bonds. The summed E-state index contributed by atoms with van der Waals surface area (Å²) in [5, 5.41) is 0. The molecule has 6 nitrogen and oxygen atoms in total. The Hall–Kier alpha value is -3.46. The standard InChI is InChI=1S/C22H19F2N3O3S/c1-14-7-8-27-12-20(25-22(27)9-14)15-3-6-21(30-2)19(11-15)26-31(28,29)13-16-10-17(23)4-5-18(16)24/h3-12,26H,13H2,1-2H3. The maximum atomic E-state index is 13.9. The predicted octanol–water partition coefficient (Wildman–Crippen LogP) is 4.54. The van der Waals surface area contributed by atoms with Gasteiger partial charge in [0.25, 0.3) is 0 Å². The molecule has 4 aromatic rings. The lowest BCUT2D eigenvalue weighted by atomic mass is 10.1. The molecule has 0 saturated heterocycles. The van der Waals surface area contributed by atoms with Crippen LogP contribution in [-0.4, -0.2) is 24.9 Å². The summed E-state index contributed by atoms with van der Waals surface area (Å²) in [7, 11) is -2.64. The highest BCUT2D eigenvalue weighted by molar-refractivity contribution is 7.91. The molecule has 0 saturated carbocycles. The van der Waals surface area contributed by atoms with Gasteiger partial charge in [0.05, 0.1) is 24.2 Å². The maximum Gasteiger partial charge on any atom is 0.237 e. The van der Waals surface area contributed by atoms with E-state index in [-0.39, 0.29) is 17.0 Å². The highest BCUT2D eigenvalue weighted by atomic mass is 32.2. The van der Waals surface area contributed by atoms with E-state index in [9.17, 15) is 17.2 Å². The molecule has 0 aliphatic heterocycles. The zero-order valence-electron chi connectivity index (χ0n) is 16.8. The van der Waals surface area contributed by atoms with Crippen LogP contribution in [0.3, 0.4) is 0 Å². The van der Waals surface area contributed by atoms with Crippen molar-refractivity contribution in [2.75, 3.05) is 11.8 Å². The van der Waals surface area contributed by atoms with E-state index >= 15 is 0 Å². The van der Waals surface area contributed by atoms with Crippen LogP contribution in [0, 0.1) is 18.6 Å². The minimum atomic E-state index is -4.05. The highest BCUT2D eigenvalue weighted by Gasteiger charge is 2.19. The minimum Gasteiger partial charge on any atom is -0.495 e. The van der Waals surface area contributed by atoms with Gasteiger partial charge in [-0.2, -0.15) is 0 Å². The van der Waals surface area contributed by atoms with Crippen molar-refractivity contribution in [1.82, 2.24) is 9.38 Å². The molecule has 2 aromatic heterocycles. The normalized spacial score (nSPS) is 11.6. The summed E-state index contributed by atoms with van der Waals surface area (Å²) in [6.45, 7) is 1.97. The van der Waals surface area contributed by atoms with Gasteiger partial charge >= 0.3 is 0 Å². The van der Waals surface area contributed by atoms with E-state index in [1.807, 2.05) is 35.9 Å². The molecule has 0 aliphatic rings. The van der Waals surface area contributed by atoms with Crippen molar-refractivity contribution >= 4 is 21.4 Å². The van der Waals surface area contributed by atoms with Gasteiger partial charge in [0.15, 0.2) is 0 Å². The third-order valence-electron chi connectivity index (χ3n) is 4.73. The van der Waals surface area contributed by atoms with Gasteiger partial charge in [-0.05, 0) is 61.0 Å². The molecule has 0 fully saturated rings. The Morgan fingerprint density at radius 3 is 2.68 bits per heavy atom. The molecular formula is C22H19F2N3O3S. The molecule has 0 atom stereocenters. The number of imidazole rings is 1. The molecular weight excluding hydrogens is 424 g/mol. The van der Waals surface area contributed by atoms with E-state index in [1.165, 1.54) is 7.11 Å². The van der Waals surface area contributed by atoms with Gasteiger partial charge in [-0.1, -0.05) is 0 Å². The number of pyridine rings is 1. The van der Waals surface area contributed by atoms with Crippen LogP contribution in [0.25, 0.3) is 16.9 Å². The second-order valence-electron chi connectivity index (χ2n) is 7.11. The Kier molecular flexibility index (Phi) is 5.36. The Morgan fingerprint density at radius 2 is 1.90 bits per heavy atom. The fourth-order valence-corrected chi connectivity index (χ4v) is 4.43. The van der Waals surface area contributed by atoms with Crippen molar-refractivity contribution in [3.05, 3.63) is 83.7 Å². The third-order valence-corrected chi connectivity index (χ3v) is 5.95. The molecule has 0 aliphatic carbocycles. The average Bonchev–Trinajstić information content (AvgIpc) is 3.13. The quantitative estimate of drug-likeness (QED) is 0.475. The van der Waals surface area contributed by atoms with E-state index < -0.39 is 27.4 Å². The maximum absolute atomic E-state index is 13.9. The first-order valence-corrected chi connectivity index (χ1v) is 11.0. The number of methoxy groups -OCH3 is 1. The molecule has 0 bridgehead atoms. The molecule has 9 heteroatoms. The first kappa shape index (κ1) is 20.8. The molecule has 4 rings (SSSR count). The van der Waals surface area contributed by atoms with Gasteiger partial charge in [0.2, 0.25) is 10.0 Å². The summed E-state index contributed by atoms with van der Waals surface area (Å²) in [5.41, 5.74) is 3.04. The van der Waals surface area contributed by atoms with Crippen molar-refractivity contribution in [2.45, 2.75) is 12.7 Å². The van der Waals surface area contributed by atoms with Gasteiger partial charge in [0, 0.05) is 23.5 Å². The number of benzene rings is 2. The Labute approximate surface area is 178 Å². The van der Waals surface area contributed by atoms with Crippen molar-refractivity contribution in [2.24, 2.45) is 0 Å². The lowest BCUT2D eigenvalue weighted by Gasteiger charge is -2.13. The van der Waals surface area contributed by atoms with Crippen LogP contribution in [0.5, 0.6) is 5.75 Å². The van der Waals surface area contributed by atoms with Crippen LogP contribution in [0.1, 0.15) is 11.1 Å². The number of fused-ring (bicyclic) bond motifs is 1. The fraction of sp³-hybridized carbons (Fsp3) is 0.136. The van der Waals surface area contributed by atoms with Crippen molar-refractivity contribution in [1.29, 1.82) is 0 Å². The number of aromatic nitrogens is 2. The first-order valence-electron chi connectivity index (χ1n) is 9.32. The zero-order valence-corrected chi connectivity index (χ0v) is 17.6. The topological polar surface area (TPSA) is 72.7 Å². The van der Waals surface area contributed by atoms with Crippen molar-refractivity contribution in [3.8, 4) is 17.0 Å². The van der Waals surface area contributed by atoms with E-state index in [4.69, 9.17) is 4.74 Å². The molecule has 0 unspecified atom stereocenters. The highest BCUT2D eigenvalue weighted by Crippen LogP contribution is 2.31. The Bertz CT molecular complexity index is 1380. The average molecular weight is 443 g/mol. The monoisotopic (exact) mass is 443 g/mol. The number of rotatable bonds is 6. The van der Waals surface area contributed by atoms with Crippen LogP contribution in [0.2, 0.25) is 0 Å². The van der Waals surface area contributed by atoms with Gasteiger partial charge in [-0.3, -0.25) is 4.72 Å². The summed E-state index contributed by atoms with van der Waals surface area (Å²) in [5.74, 6) is -1.95. The number of aryl methyl sites for hydroxylation is 1. The fourth-order valence-electron chi connectivity index (χ4n) is 3.23. The summed E-state index contributed by atoms with van der Waals surface area (Å²) >= 11 is 0. The molecule has 160 valence electrons. The third kappa shape index (κ3) is 4.51. The van der Waals surface area contributed by atoms with E-state index in [1.54, 1.807) is 18.2 Å². The lowest BCUT2D eigenvalue weighted by molar-refractivity contribution is 0.417. The summed E-state index contributed by atoms with van der Waals surface area (Å²) in [6, 6.07) is 11.5. The van der Waals surface area contributed by atoms with Crippen LogP contribution >= 0.6 is 0 Å². The molecule has 1 N–H and O–H groups in total. The number of sulfonamides is 1. The second kappa shape index (κ2) is 7.99. The van der Waals surface area contributed by atoms with Crippen LogP contribution in [0.15, 0.2) is 60.9 Å². The summed E-state index contributed by atoms with van der Waals surface area (Å²) < 4.78 is 62.2. The number of halogens is 2. The van der Waals surface area contributed by atoms with E-state index in [0.717, 1.165) is 29.4 Å².